The number of nitrogens with zero attached hydrogens (tertiary/aromatic N) is 4. The van der Waals surface area contributed by atoms with Crippen LogP contribution in [0.4, 0.5) is 13.2 Å². The summed E-state index contributed by atoms with van der Waals surface area (Å²) >= 11 is 7.16. The minimum atomic E-state index is -1.10. The maximum Gasteiger partial charge on any atom is 0.335 e. The molecule has 12 heteroatoms. The minimum absolute atomic E-state index is 0.0389. The zero-order valence-electron chi connectivity index (χ0n) is 21.4. The Balaban J connectivity index is 1.30. The zero-order valence-corrected chi connectivity index (χ0v) is 23.0. The van der Waals surface area contributed by atoms with Crippen molar-refractivity contribution in [2.75, 3.05) is 6.67 Å². The summed E-state index contributed by atoms with van der Waals surface area (Å²) in [5.41, 5.74) is 0.722. The van der Waals surface area contributed by atoms with Crippen molar-refractivity contribution < 1.29 is 27.8 Å². The number of ether oxygens (including phenoxy) is 1. The van der Waals surface area contributed by atoms with E-state index in [0.29, 0.717) is 39.0 Å². The number of fused-ring (bicyclic) bond motifs is 1. The van der Waals surface area contributed by atoms with Crippen molar-refractivity contribution >= 4 is 39.9 Å². The van der Waals surface area contributed by atoms with Crippen LogP contribution in [0, 0.1) is 17.0 Å². The summed E-state index contributed by atoms with van der Waals surface area (Å²) in [4.78, 5) is 24.6. The molecule has 41 heavy (non-hydrogen) atoms. The summed E-state index contributed by atoms with van der Waals surface area (Å²) in [6, 6.07) is 11.4. The van der Waals surface area contributed by atoms with Crippen LogP contribution in [0.15, 0.2) is 54.7 Å². The molecule has 0 radical (unpaired) electrons. The number of hydrogen-bond acceptors (Lipinski definition) is 6. The third-order valence-corrected chi connectivity index (χ3v) is 8.25. The van der Waals surface area contributed by atoms with Crippen molar-refractivity contribution in [3.05, 3.63) is 92.7 Å². The van der Waals surface area contributed by atoms with Crippen molar-refractivity contribution in [3.63, 3.8) is 0 Å². The number of halogens is 4. The number of carbonyl (C=O) groups is 1. The largest absolute Gasteiger partial charge is 0.478 e. The quantitative estimate of drug-likeness (QED) is 0.184. The molecule has 0 aliphatic heterocycles. The predicted octanol–water partition coefficient (Wildman–Crippen LogP) is 7.10. The second kappa shape index (κ2) is 10.8. The maximum absolute atomic E-state index is 15.4. The van der Waals surface area contributed by atoms with Crippen molar-refractivity contribution in [3.8, 4) is 17.1 Å². The van der Waals surface area contributed by atoms with Crippen LogP contribution in [-0.2, 0) is 19.6 Å². The van der Waals surface area contributed by atoms with Crippen LogP contribution in [0.2, 0.25) is 4.34 Å². The smallest absolute Gasteiger partial charge is 0.335 e. The fourth-order valence-corrected chi connectivity index (χ4v) is 5.56. The van der Waals surface area contributed by atoms with Gasteiger partial charge in [0.25, 0.3) is 0 Å². The van der Waals surface area contributed by atoms with Crippen molar-refractivity contribution in [1.82, 2.24) is 19.5 Å². The van der Waals surface area contributed by atoms with E-state index < -0.39 is 29.7 Å². The van der Waals surface area contributed by atoms with E-state index >= 15 is 8.78 Å². The van der Waals surface area contributed by atoms with Gasteiger partial charge in [0.05, 0.1) is 35.2 Å². The molecular formula is C29H22ClF3N4O3S. The van der Waals surface area contributed by atoms with Gasteiger partial charge in [0.15, 0.2) is 0 Å². The van der Waals surface area contributed by atoms with Gasteiger partial charge < -0.3 is 14.4 Å². The first-order valence-electron chi connectivity index (χ1n) is 12.7. The van der Waals surface area contributed by atoms with Gasteiger partial charge in [0.1, 0.15) is 33.4 Å². The second-order valence-electron chi connectivity index (χ2n) is 10.1. The molecule has 3 heterocycles. The van der Waals surface area contributed by atoms with Crippen LogP contribution in [0.3, 0.4) is 0 Å². The standard InChI is InChI=1S/C29H22ClF3N4O3S/c30-24-12-34-27(41-24)13-40-26-3-1-2-21(36-26)18-11-19(32)17(8-20(18)33)10-25-35-22-5-4-16(28(38)39)9-23(22)37(25)15-29(14-31)6-7-29/h1-5,8-9,11-12H,6-7,10,13-15H2,(H,38,39). The Morgan fingerprint density at radius 2 is 1.95 bits per heavy atom. The first-order valence-corrected chi connectivity index (χ1v) is 13.9. The maximum atomic E-state index is 15.4. The number of aromatic nitrogens is 4. The molecule has 0 spiro atoms. The molecule has 1 fully saturated rings. The number of hydrogen-bond donors (Lipinski definition) is 1. The summed E-state index contributed by atoms with van der Waals surface area (Å²) in [6.45, 7) is -0.136. The highest BCUT2D eigenvalue weighted by Gasteiger charge is 2.44. The van der Waals surface area contributed by atoms with Crippen molar-refractivity contribution in [2.24, 2.45) is 5.41 Å². The molecule has 1 saturated carbocycles. The van der Waals surface area contributed by atoms with Gasteiger partial charge in [-0.1, -0.05) is 17.7 Å². The second-order valence-corrected chi connectivity index (χ2v) is 11.8. The van der Waals surface area contributed by atoms with Gasteiger partial charge in [-0.3, -0.25) is 4.39 Å². The van der Waals surface area contributed by atoms with Gasteiger partial charge in [-0.05, 0) is 54.8 Å². The lowest BCUT2D eigenvalue weighted by Crippen LogP contribution is -2.16. The van der Waals surface area contributed by atoms with E-state index in [2.05, 4.69) is 15.0 Å². The number of imidazole rings is 1. The molecule has 1 N–H and O–H groups in total. The Kier molecular flexibility index (Phi) is 7.16. The number of rotatable bonds is 10. The fourth-order valence-electron chi connectivity index (χ4n) is 4.69. The van der Waals surface area contributed by atoms with Gasteiger partial charge in [0, 0.05) is 30.0 Å². The normalized spacial score (nSPS) is 14.0. The molecule has 210 valence electrons. The number of pyridine rings is 1. The zero-order chi connectivity index (χ0) is 28.7. The molecule has 6 rings (SSSR count). The van der Waals surface area contributed by atoms with Crippen LogP contribution >= 0.6 is 22.9 Å². The lowest BCUT2D eigenvalue weighted by atomic mass is 10.0. The van der Waals surface area contributed by atoms with E-state index in [9.17, 15) is 14.3 Å². The van der Waals surface area contributed by atoms with E-state index in [-0.39, 0.29) is 47.8 Å². The number of thiazole rings is 1. The SMILES string of the molecule is O=C(O)c1ccc2nc(Cc3cc(F)c(-c4cccc(OCc5ncc(Cl)s5)n4)cc3F)n(CC3(CF)CC3)c2c1. The van der Waals surface area contributed by atoms with Gasteiger partial charge in [-0.15, -0.1) is 11.3 Å². The molecule has 0 saturated heterocycles. The molecule has 1 aliphatic carbocycles. The highest BCUT2D eigenvalue weighted by atomic mass is 35.5. The molecular weight excluding hydrogens is 577 g/mol. The summed E-state index contributed by atoms with van der Waals surface area (Å²) < 4.78 is 52.5. The summed E-state index contributed by atoms with van der Waals surface area (Å²) in [6.07, 6.45) is 2.82. The van der Waals surface area contributed by atoms with Crippen LogP contribution in [-0.4, -0.2) is 37.3 Å². The summed E-state index contributed by atoms with van der Waals surface area (Å²) in [7, 11) is 0. The Bertz CT molecular complexity index is 1790. The Morgan fingerprint density at radius 3 is 2.66 bits per heavy atom. The first kappa shape index (κ1) is 27.2. The molecule has 3 aromatic heterocycles. The molecule has 0 unspecified atom stereocenters. The van der Waals surface area contributed by atoms with E-state index in [1.54, 1.807) is 28.8 Å². The lowest BCUT2D eigenvalue weighted by molar-refractivity contribution is 0.0697. The number of aromatic carboxylic acids is 1. The van der Waals surface area contributed by atoms with Gasteiger partial charge >= 0.3 is 5.97 Å². The Hall–Kier alpha value is -3.96. The monoisotopic (exact) mass is 598 g/mol. The number of benzene rings is 2. The minimum Gasteiger partial charge on any atom is -0.478 e. The highest BCUT2D eigenvalue weighted by Crippen LogP contribution is 2.48. The number of carboxylic acids is 1. The lowest BCUT2D eigenvalue weighted by Gasteiger charge is -2.16. The topological polar surface area (TPSA) is 90.1 Å². The average molecular weight is 599 g/mol. The van der Waals surface area contributed by atoms with Crippen LogP contribution in [0.1, 0.15) is 39.6 Å². The predicted molar refractivity (Wildman–Crippen MR) is 148 cm³/mol. The third-order valence-electron chi connectivity index (χ3n) is 7.16. The van der Waals surface area contributed by atoms with E-state index in [1.807, 2.05) is 0 Å². The third kappa shape index (κ3) is 5.64. The summed E-state index contributed by atoms with van der Waals surface area (Å²) in [5, 5.41) is 10.1. The van der Waals surface area contributed by atoms with Crippen LogP contribution in [0.25, 0.3) is 22.3 Å². The number of alkyl halides is 1. The molecule has 2 aromatic carbocycles. The van der Waals surface area contributed by atoms with Crippen LogP contribution in [0.5, 0.6) is 5.88 Å². The molecule has 0 amide bonds. The molecule has 1 aliphatic rings. The first-order chi connectivity index (χ1) is 19.7. The highest BCUT2D eigenvalue weighted by molar-refractivity contribution is 7.15. The Labute approximate surface area is 241 Å². The molecule has 0 atom stereocenters. The molecule has 5 aromatic rings. The summed E-state index contributed by atoms with van der Waals surface area (Å²) in [5.74, 6) is -1.84. The molecule has 0 bridgehead atoms. The van der Waals surface area contributed by atoms with E-state index in [4.69, 9.17) is 16.3 Å². The average Bonchev–Trinajstić information content (AvgIpc) is 3.50. The van der Waals surface area contributed by atoms with Gasteiger partial charge in [0.2, 0.25) is 5.88 Å². The van der Waals surface area contributed by atoms with E-state index in [1.165, 1.54) is 29.7 Å². The van der Waals surface area contributed by atoms with Gasteiger partial charge in [-0.25, -0.2) is 28.5 Å². The van der Waals surface area contributed by atoms with Crippen molar-refractivity contribution in [2.45, 2.75) is 32.4 Å². The molecule has 7 nitrogen and oxygen atoms in total. The van der Waals surface area contributed by atoms with E-state index in [0.717, 1.165) is 12.1 Å². The fraction of sp³-hybridized carbons (Fsp3) is 0.241. The Morgan fingerprint density at radius 1 is 1.12 bits per heavy atom. The number of carboxylic acid groups (broad SMARTS) is 1. The van der Waals surface area contributed by atoms with Crippen molar-refractivity contribution in [1.29, 1.82) is 0 Å². The van der Waals surface area contributed by atoms with Crippen LogP contribution < -0.4 is 4.74 Å². The van der Waals surface area contributed by atoms with Gasteiger partial charge in [-0.2, -0.15) is 0 Å².